The summed E-state index contributed by atoms with van der Waals surface area (Å²) in [5, 5.41) is 0. The standard InChI is InChI=1S/C25H32F6N2O/c1-16(2)23(9-5-21(14-23)32-11-7-19(8-12-32)24(26,27)28)22(34)33-10-6-17-3-4-20(25(29,30)31)13-18(17)15-33/h3-4,13,16,19,21H,5-12,14-15H2,1-2H3/t21-,23+/m1/s1. The number of carbonyl (C=O) groups excluding carboxylic acids is 1. The van der Waals surface area contributed by atoms with Gasteiger partial charge in [0.2, 0.25) is 5.91 Å². The summed E-state index contributed by atoms with van der Waals surface area (Å²) in [4.78, 5) is 17.6. The number of fused-ring (bicyclic) bond motifs is 1. The van der Waals surface area contributed by atoms with Crippen LogP contribution in [0.5, 0.6) is 0 Å². The lowest BCUT2D eigenvalue weighted by Crippen LogP contribution is -2.49. The zero-order valence-electron chi connectivity index (χ0n) is 19.6. The van der Waals surface area contributed by atoms with Crippen molar-refractivity contribution in [1.82, 2.24) is 9.80 Å². The number of likely N-dealkylation sites (tertiary alicyclic amines) is 1. The molecule has 1 aliphatic carbocycles. The van der Waals surface area contributed by atoms with Gasteiger partial charge in [-0.3, -0.25) is 4.79 Å². The monoisotopic (exact) mass is 490 g/mol. The van der Waals surface area contributed by atoms with Crippen LogP contribution < -0.4 is 0 Å². The maximum atomic E-state index is 13.8. The molecular weight excluding hydrogens is 458 g/mol. The van der Waals surface area contributed by atoms with Crippen molar-refractivity contribution in [2.24, 2.45) is 17.3 Å². The highest BCUT2D eigenvalue weighted by Crippen LogP contribution is 2.49. The van der Waals surface area contributed by atoms with E-state index in [-0.39, 0.29) is 37.3 Å². The van der Waals surface area contributed by atoms with Gasteiger partial charge in [0.25, 0.3) is 0 Å². The van der Waals surface area contributed by atoms with Crippen LogP contribution in [0.2, 0.25) is 0 Å². The van der Waals surface area contributed by atoms with Crippen molar-refractivity contribution in [3.63, 3.8) is 0 Å². The van der Waals surface area contributed by atoms with Crippen molar-refractivity contribution in [3.8, 4) is 0 Å². The van der Waals surface area contributed by atoms with E-state index in [1.807, 2.05) is 13.8 Å². The normalized spacial score (nSPS) is 27.3. The number of carbonyl (C=O) groups is 1. The van der Waals surface area contributed by atoms with Gasteiger partial charge in [0.1, 0.15) is 0 Å². The number of nitrogens with zero attached hydrogens (tertiary/aromatic N) is 2. The number of halogens is 6. The fraction of sp³-hybridized carbons (Fsp3) is 0.720. The van der Waals surface area contributed by atoms with Gasteiger partial charge in [-0.05, 0) is 80.8 Å². The topological polar surface area (TPSA) is 23.6 Å². The lowest BCUT2D eigenvalue weighted by molar-refractivity contribution is -0.186. The van der Waals surface area contributed by atoms with Crippen LogP contribution in [0.25, 0.3) is 0 Å². The minimum atomic E-state index is -4.43. The van der Waals surface area contributed by atoms with E-state index >= 15 is 0 Å². The van der Waals surface area contributed by atoms with Gasteiger partial charge in [-0.25, -0.2) is 0 Å². The Morgan fingerprint density at radius 3 is 2.26 bits per heavy atom. The van der Waals surface area contributed by atoms with Crippen molar-refractivity contribution in [1.29, 1.82) is 0 Å². The first-order valence-corrected chi connectivity index (χ1v) is 12.1. The third kappa shape index (κ3) is 4.82. The molecule has 0 radical (unpaired) electrons. The zero-order valence-corrected chi connectivity index (χ0v) is 19.6. The second kappa shape index (κ2) is 9.03. The van der Waals surface area contributed by atoms with Crippen molar-refractivity contribution >= 4 is 5.91 Å². The van der Waals surface area contributed by atoms with E-state index in [1.165, 1.54) is 6.07 Å². The Bertz CT molecular complexity index is 904. The van der Waals surface area contributed by atoms with E-state index in [0.717, 1.165) is 24.1 Å². The third-order valence-corrected chi connectivity index (χ3v) is 8.40. The van der Waals surface area contributed by atoms with Crippen LogP contribution in [0.4, 0.5) is 26.3 Å². The van der Waals surface area contributed by atoms with Crippen molar-refractivity contribution in [2.75, 3.05) is 19.6 Å². The van der Waals surface area contributed by atoms with E-state index in [1.54, 1.807) is 4.90 Å². The maximum Gasteiger partial charge on any atom is 0.416 e. The van der Waals surface area contributed by atoms with E-state index in [2.05, 4.69) is 4.90 Å². The van der Waals surface area contributed by atoms with Gasteiger partial charge >= 0.3 is 12.4 Å². The van der Waals surface area contributed by atoms with Gasteiger partial charge in [0, 0.05) is 19.1 Å². The second-order valence-corrected chi connectivity index (χ2v) is 10.5. The Balaban J connectivity index is 1.47. The summed E-state index contributed by atoms with van der Waals surface area (Å²) in [6.45, 7) is 5.39. The smallest absolute Gasteiger partial charge is 0.338 e. The summed E-state index contributed by atoms with van der Waals surface area (Å²) < 4.78 is 78.7. The van der Waals surface area contributed by atoms with Crippen LogP contribution >= 0.6 is 0 Å². The van der Waals surface area contributed by atoms with Crippen LogP contribution in [0, 0.1) is 17.3 Å². The molecule has 1 saturated carbocycles. The molecule has 1 amide bonds. The Morgan fingerprint density at radius 2 is 1.68 bits per heavy atom. The number of amides is 1. The first-order chi connectivity index (χ1) is 15.8. The molecule has 0 aromatic heterocycles. The maximum absolute atomic E-state index is 13.8. The fourth-order valence-electron chi connectivity index (χ4n) is 6.14. The van der Waals surface area contributed by atoms with Crippen molar-refractivity contribution < 1.29 is 31.1 Å². The summed E-state index contributed by atoms with van der Waals surface area (Å²) in [7, 11) is 0. The molecule has 1 aromatic rings. The van der Waals surface area contributed by atoms with Crippen LogP contribution in [0.15, 0.2) is 18.2 Å². The number of rotatable bonds is 3. The molecule has 34 heavy (non-hydrogen) atoms. The van der Waals surface area contributed by atoms with Crippen LogP contribution in [0.1, 0.15) is 62.6 Å². The zero-order chi connectivity index (χ0) is 24.9. The highest BCUT2D eigenvalue weighted by molar-refractivity contribution is 5.84. The van der Waals surface area contributed by atoms with Crippen molar-refractivity contribution in [2.45, 2.75) is 77.3 Å². The molecule has 0 bridgehead atoms. The van der Waals surface area contributed by atoms with Gasteiger partial charge in [-0.2, -0.15) is 26.3 Å². The number of benzene rings is 1. The predicted octanol–water partition coefficient (Wildman–Crippen LogP) is 6.06. The first kappa shape index (κ1) is 25.3. The number of piperidine rings is 1. The highest BCUT2D eigenvalue weighted by atomic mass is 19.4. The van der Waals surface area contributed by atoms with E-state index in [4.69, 9.17) is 0 Å². The van der Waals surface area contributed by atoms with Gasteiger partial charge in [-0.15, -0.1) is 0 Å². The van der Waals surface area contributed by atoms with Crippen LogP contribution in [-0.2, 0) is 23.9 Å². The minimum absolute atomic E-state index is 0.0284. The van der Waals surface area contributed by atoms with E-state index < -0.39 is 29.2 Å². The van der Waals surface area contributed by atoms with Crippen LogP contribution in [0.3, 0.4) is 0 Å². The second-order valence-electron chi connectivity index (χ2n) is 10.5. The SMILES string of the molecule is CC(C)[C@]1(C(=O)N2CCc3ccc(C(F)(F)F)cc3C2)CC[C@@H](N2CCC(C(F)(F)F)CC2)C1. The lowest BCUT2D eigenvalue weighted by Gasteiger charge is -2.41. The number of hydrogen-bond acceptors (Lipinski definition) is 2. The van der Waals surface area contributed by atoms with Crippen LogP contribution in [-0.4, -0.2) is 47.6 Å². The summed E-state index contributed by atoms with van der Waals surface area (Å²) in [6.07, 6.45) is -5.90. The molecule has 3 nitrogen and oxygen atoms in total. The molecule has 1 aromatic carbocycles. The molecule has 190 valence electrons. The van der Waals surface area contributed by atoms with E-state index in [0.29, 0.717) is 44.5 Å². The summed E-state index contributed by atoms with van der Waals surface area (Å²) in [5.41, 5.74) is 0.0388. The molecule has 3 aliphatic rings. The molecule has 0 N–H and O–H groups in total. The molecule has 0 spiro atoms. The highest BCUT2D eigenvalue weighted by Gasteiger charge is 2.51. The number of alkyl halides is 6. The van der Waals surface area contributed by atoms with Gasteiger partial charge in [0.15, 0.2) is 0 Å². The number of hydrogen-bond donors (Lipinski definition) is 0. The molecule has 2 aliphatic heterocycles. The Labute approximate surface area is 196 Å². The van der Waals surface area contributed by atoms with Gasteiger partial charge in [-0.1, -0.05) is 19.9 Å². The Morgan fingerprint density at radius 1 is 1.00 bits per heavy atom. The summed E-state index contributed by atoms with van der Waals surface area (Å²) >= 11 is 0. The Hall–Kier alpha value is -1.77. The average molecular weight is 491 g/mol. The summed E-state index contributed by atoms with van der Waals surface area (Å²) in [5.74, 6) is -1.25. The molecule has 0 unspecified atom stereocenters. The Kier molecular flexibility index (Phi) is 6.72. The predicted molar refractivity (Wildman–Crippen MR) is 116 cm³/mol. The largest absolute Gasteiger partial charge is 0.416 e. The quantitative estimate of drug-likeness (QED) is 0.481. The molecule has 2 atom stereocenters. The average Bonchev–Trinajstić information content (AvgIpc) is 3.24. The molecule has 2 fully saturated rings. The molecule has 1 saturated heterocycles. The molecular formula is C25H32F6N2O. The van der Waals surface area contributed by atoms with E-state index in [9.17, 15) is 31.1 Å². The third-order valence-electron chi connectivity index (χ3n) is 8.40. The van der Waals surface area contributed by atoms with Crippen molar-refractivity contribution in [3.05, 3.63) is 34.9 Å². The van der Waals surface area contributed by atoms with Gasteiger partial charge < -0.3 is 9.80 Å². The first-order valence-electron chi connectivity index (χ1n) is 12.1. The molecule has 2 heterocycles. The minimum Gasteiger partial charge on any atom is -0.338 e. The molecule has 9 heteroatoms. The van der Waals surface area contributed by atoms with Gasteiger partial charge in [0.05, 0.1) is 16.9 Å². The fourth-order valence-corrected chi connectivity index (χ4v) is 6.14. The summed E-state index contributed by atoms with van der Waals surface area (Å²) in [6, 6.07) is 3.82. The molecule has 4 rings (SSSR count). The lowest BCUT2D eigenvalue weighted by atomic mass is 9.73.